The summed E-state index contributed by atoms with van der Waals surface area (Å²) in [6, 6.07) is 13.6. The fourth-order valence-electron chi connectivity index (χ4n) is 3.38. The van der Waals surface area contributed by atoms with Crippen LogP contribution in [0.15, 0.2) is 61.2 Å². The SMILES string of the molecule is Cc1cccc(NCC2COC(Cn3ccnc3)(c3ccc(Cl)cc3Cl)O2)c1. The number of ether oxygens (including phenoxy) is 2. The Bertz CT molecular complexity index is 949. The maximum Gasteiger partial charge on any atom is 0.215 e. The summed E-state index contributed by atoms with van der Waals surface area (Å²) >= 11 is 12.6. The molecule has 1 aliphatic rings. The Morgan fingerprint density at radius 3 is 2.89 bits per heavy atom. The molecule has 0 radical (unpaired) electrons. The molecule has 1 fully saturated rings. The van der Waals surface area contributed by atoms with Crippen molar-refractivity contribution in [2.45, 2.75) is 25.4 Å². The number of imidazole rings is 1. The van der Waals surface area contributed by atoms with Gasteiger partial charge in [0.05, 0.1) is 24.5 Å². The van der Waals surface area contributed by atoms with Gasteiger partial charge >= 0.3 is 0 Å². The maximum absolute atomic E-state index is 6.49. The van der Waals surface area contributed by atoms with E-state index in [1.54, 1.807) is 24.7 Å². The molecule has 0 saturated carbocycles. The molecule has 1 saturated heterocycles. The van der Waals surface area contributed by atoms with Crippen LogP contribution in [0.5, 0.6) is 0 Å². The van der Waals surface area contributed by atoms with Crippen molar-refractivity contribution in [2.75, 3.05) is 18.5 Å². The minimum absolute atomic E-state index is 0.129. The van der Waals surface area contributed by atoms with Crippen molar-refractivity contribution in [3.63, 3.8) is 0 Å². The molecule has 2 unspecified atom stereocenters. The zero-order valence-electron chi connectivity index (χ0n) is 15.4. The highest BCUT2D eigenvalue weighted by atomic mass is 35.5. The zero-order valence-corrected chi connectivity index (χ0v) is 17.0. The highest BCUT2D eigenvalue weighted by Gasteiger charge is 2.45. The quantitative estimate of drug-likeness (QED) is 0.620. The summed E-state index contributed by atoms with van der Waals surface area (Å²) in [6.45, 7) is 3.58. The first kappa shape index (κ1) is 19.3. The first-order valence-corrected chi connectivity index (χ1v) is 9.83. The van der Waals surface area contributed by atoms with Crippen LogP contribution in [0.4, 0.5) is 5.69 Å². The second-order valence-electron chi connectivity index (χ2n) is 6.91. The molecule has 146 valence electrons. The van der Waals surface area contributed by atoms with E-state index in [9.17, 15) is 0 Å². The van der Waals surface area contributed by atoms with Crippen molar-refractivity contribution in [1.82, 2.24) is 9.55 Å². The van der Waals surface area contributed by atoms with Crippen molar-refractivity contribution < 1.29 is 9.47 Å². The highest BCUT2D eigenvalue weighted by Crippen LogP contribution is 2.40. The van der Waals surface area contributed by atoms with Gasteiger partial charge in [-0.2, -0.15) is 0 Å². The van der Waals surface area contributed by atoms with Crippen LogP contribution in [0, 0.1) is 6.92 Å². The van der Waals surface area contributed by atoms with Gasteiger partial charge in [0.2, 0.25) is 5.79 Å². The Kier molecular flexibility index (Phi) is 5.60. The molecule has 3 aromatic rings. The molecule has 28 heavy (non-hydrogen) atoms. The minimum atomic E-state index is -0.999. The number of hydrogen-bond acceptors (Lipinski definition) is 4. The van der Waals surface area contributed by atoms with Crippen molar-refractivity contribution >= 4 is 28.9 Å². The van der Waals surface area contributed by atoms with Gasteiger partial charge < -0.3 is 19.4 Å². The second-order valence-corrected chi connectivity index (χ2v) is 7.76. The molecule has 7 heteroatoms. The second kappa shape index (κ2) is 8.13. The number of halogens is 2. The summed E-state index contributed by atoms with van der Waals surface area (Å²) in [5, 5.41) is 4.51. The van der Waals surface area contributed by atoms with Gasteiger partial charge in [0.15, 0.2) is 0 Å². The number of rotatable bonds is 6. The molecule has 0 bridgehead atoms. The van der Waals surface area contributed by atoms with Crippen molar-refractivity contribution in [3.8, 4) is 0 Å². The number of aryl methyl sites for hydroxylation is 1. The van der Waals surface area contributed by atoms with Gasteiger partial charge in [-0.05, 0) is 36.8 Å². The maximum atomic E-state index is 6.49. The highest BCUT2D eigenvalue weighted by molar-refractivity contribution is 6.35. The van der Waals surface area contributed by atoms with Crippen LogP contribution < -0.4 is 5.32 Å². The number of nitrogens with zero attached hydrogens (tertiary/aromatic N) is 2. The standard InChI is InChI=1S/C21H21Cl2N3O2/c1-15-3-2-4-17(9-15)25-11-18-12-27-21(28-18,13-26-8-7-24-14-26)19-6-5-16(22)10-20(19)23/h2-10,14,18,25H,11-13H2,1H3. The van der Waals surface area contributed by atoms with Gasteiger partial charge in [-0.25, -0.2) is 4.98 Å². The number of nitrogens with one attached hydrogen (secondary N) is 1. The molecule has 1 aliphatic heterocycles. The Morgan fingerprint density at radius 1 is 1.25 bits per heavy atom. The van der Waals surface area contributed by atoms with E-state index in [0.717, 1.165) is 11.3 Å². The van der Waals surface area contributed by atoms with E-state index in [1.807, 2.05) is 29.0 Å². The Balaban J connectivity index is 1.55. The van der Waals surface area contributed by atoms with Gasteiger partial charge in [-0.15, -0.1) is 0 Å². The van der Waals surface area contributed by atoms with Crippen LogP contribution in [0.25, 0.3) is 0 Å². The molecule has 4 rings (SSSR count). The summed E-state index contributed by atoms with van der Waals surface area (Å²) < 4.78 is 14.5. The summed E-state index contributed by atoms with van der Waals surface area (Å²) in [7, 11) is 0. The van der Waals surface area contributed by atoms with Gasteiger partial charge in [-0.3, -0.25) is 0 Å². The van der Waals surface area contributed by atoms with Gasteiger partial charge in [0, 0.05) is 35.2 Å². The third-order valence-corrected chi connectivity index (χ3v) is 5.25. The van der Waals surface area contributed by atoms with E-state index in [-0.39, 0.29) is 6.10 Å². The summed E-state index contributed by atoms with van der Waals surface area (Å²) in [6.07, 6.45) is 5.20. The molecule has 2 atom stereocenters. The number of aromatic nitrogens is 2. The summed E-state index contributed by atoms with van der Waals surface area (Å²) in [5.74, 6) is -0.999. The topological polar surface area (TPSA) is 48.3 Å². The van der Waals surface area contributed by atoms with Gasteiger partial charge in [0.1, 0.15) is 6.10 Å². The fourth-order valence-corrected chi connectivity index (χ4v) is 3.93. The van der Waals surface area contributed by atoms with Crippen molar-refractivity contribution in [2.24, 2.45) is 0 Å². The fraction of sp³-hybridized carbons (Fsp3) is 0.286. The third-order valence-electron chi connectivity index (χ3n) is 4.70. The third kappa shape index (κ3) is 4.18. The molecular weight excluding hydrogens is 397 g/mol. The smallest absolute Gasteiger partial charge is 0.215 e. The van der Waals surface area contributed by atoms with E-state index in [4.69, 9.17) is 32.7 Å². The van der Waals surface area contributed by atoms with Gasteiger partial charge in [0.25, 0.3) is 0 Å². The van der Waals surface area contributed by atoms with Crippen LogP contribution >= 0.6 is 23.2 Å². The molecule has 5 nitrogen and oxygen atoms in total. The molecule has 1 N–H and O–H groups in total. The number of benzene rings is 2. The van der Waals surface area contributed by atoms with E-state index >= 15 is 0 Å². The monoisotopic (exact) mass is 417 g/mol. The van der Waals surface area contributed by atoms with E-state index in [1.165, 1.54) is 5.56 Å². The largest absolute Gasteiger partial charge is 0.382 e. The Labute approximate surface area is 174 Å². The first-order chi connectivity index (χ1) is 13.5. The minimum Gasteiger partial charge on any atom is -0.382 e. The van der Waals surface area contributed by atoms with Crippen LogP contribution in [0.2, 0.25) is 10.0 Å². The molecule has 0 spiro atoms. The summed E-state index contributed by atoms with van der Waals surface area (Å²) in [4.78, 5) is 4.11. The molecule has 0 aliphatic carbocycles. The molecular formula is C21H21Cl2N3O2. The lowest BCUT2D eigenvalue weighted by molar-refractivity contribution is -0.185. The Hall–Kier alpha value is -2.05. The lowest BCUT2D eigenvalue weighted by Crippen LogP contribution is -2.34. The number of anilines is 1. The summed E-state index contributed by atoms with van der Waals surface area (Å²) in [5.41, 5.74) is 3.02. The zero-order chi connectivity index (χ0) is 19.6. The van der Waals surface area contributed by atoms with E-state index < -0.39 is 5.79 Å². The van der Waals surface area contributed by atoms with Crippen LogP contribution in [-0.4, -0.2) is 28.8 Å². The molecule has 0 amide bonds. The average molecular weight is 418 g/mol. The van der Waals surface area contributed by atoms with Crippen LogP contribution in [-0.2, 0) is 21.8 Å². The van der Waals surface area contributed by atoms with E-state index in [2.05, 4.69) is 29.4 Å². The van der Waals surface area contributed by atoms with Crippen LogP contribution in [0.1, 0.15) is 11.1 Å². The van der Waals surface area contributed by atoms with Crippen molar-refractivity contribution in [1.29, 1.82) is 0 Å². The predicted molar refractivity (Wildman–Crippen MR) is 111 cm³/mol. The lowest BCUT2D eigenvalue weighted by Gasteiger charge is -2.30. The molecule has 2 heterocycles. The molecule has 2 aromatic carbocycles. The van der Waals surface area contributed by atoms with E-state index in [0.29, 0.717) is 29.7 Å². The van der Waals surface area contributed by atoms with Gasteiger partial charge in [-0.1, -0.05) is 41.4 Å². The van der Waals surface area contributed by atoms with Crippen LogP contribution in [0.3, 0.4) is 0 Å². The lowest BCUT2D eigenvalue weighted by atomic mass is 10.1. The molecule has 1 aromatic heterocycles. The van der Waals surface area contributed by atoms with Crippen molar-refractivity contribution in [3.05, 3.63) is 82.4 Å². The normalized spacial score (nSPS) is 21.8. The average Bonchev–Trinajstić information content (AvgIpc) is 3.31. The predicted octanol–water partition coefficient (Wildman–Crippen LogP) is 4.88. The Morgan fingerprint density at radius 2 is 2.14 bits per heavy atom. The number of hydrogen-bond donors (Lipinski definition) is 1. The first-order valence-electron chi connectivity index (χ1n) is 9.08.